The molecule has 2 aromatic heterocycles. The molecule has 1 aliphatic heterocycles. The Hall–Kier alpha value is -1.62. The van der Waals surface area contributed by atoms with E-state index >= 15 is 0 Å². The fourth-order valence-electron chi connectivity index (χ4n) is 2.28. The molecule has 2 unspecified atom stereocenters. The maximum absolute atomic E-state index is 8.17. The van der Waals surface area contributed by atoms with Crippen molar-refractivity contribution in [2.24, 2.45) is 5.73 Å². The Bertz CT molecular complexity index is 567. The second-order valence-corrected chi connectivity index (χ2v) is 4.55. The van der Waals surface area contributed by atoms with E-state index < -0.39 is 0 Å². The van der Waals surface area contributed by atoms with Gasteiger partial charge in [0, 0.05) is 26.7 Å². The number of piperidine rings is 1. The van der Waals surface area contributed by atoms with Crippen LogP contribution in [0.5, 0.6) is 0 Å². The summed E-state index contributed by atoms with van der Waals surface area (Å²) in [7, 11) is 0. The molecule has 17 heavy (non-hydrogen) atoms. The van der Waals surface area contributed by atoms with E-state index in [2.05, 4.69) is 15.0 Å². The summed E-state index contributed by atoms with van der Waals surface area (Å²) in [5, 5.41) is 1.02. The molecule has 3 N–H and O–H groups in total. The fraction of sp³-hybridized carbons (Fsp3) is 0.500. The van der Waals surface area contributed by atoms with Crippen molar-refractivity contribution < 1.29 is 1.37 Å². The normalized spacial score (nSPS) is 26.2. The largest absolute Gasteiger partial charge is 0.356 e. The molecule has 0 bridgehead atoms. The summed E-state index contributed by atoms with van der Waals surface area (Å²) in [5.74, 6) is 0.852. The van der Waals surface area contributed by atoms with E-state index in [9.17, 15) is 0 Å². The SMILES string of the molecule is [2H]C1CC(N)CCN1c1ncnc2[nH]cc(C)c12. The highest BCUT2D eigenvalue weighted by Gasteiger charge is 2.20. The number of hydrogen-bond acceptors (Lipinski definition) is 4. The third kappa shape index (κ3) is 1.76. The maximum atomic E-state index is 8.17. The fourth-order valence-corrected chi connectivity index (χ4v) is 2.28. The Morgan fingerprint density at radius 1 is 1.53 bits per heavy atom. The van der Waals surface area contributed by atoms with E-state index in [1.165, 1.54) is 0 Å². The predicted octanol–water partition coefficient (Wildman–Crippen LogP) is 1.19. The second kappa shape index (κ2) is 4.00. The van der Waals surface area contributed by atoms with Gasteiger partial charge in [-0.2, -0.15) is 0 Å². The standard InChI is InChI=1S/C12H17N5/c1-8-6-14-11-10(8)12(16-7-15-11)17-4-2-9(13)3-5-17/h6-7,9H,2-5,13H2,1H3,(H,14,15,16)/i4D. The zero-order chi connectivity index (χ0) is 12.7. The van der Waals surface area contributed by atoms with E-state index in [-0.39, 0.29) is 12.6 Å². The van der Waals surface area contributed by atoms with Crippen LogP contribution in [0, 0.1) is 6.92 Å². The minimum atomic E-state index is -0.318. The molecule has 5 heteroatoms. The number of hydrogen-bond donors (Lipinski definition) is 2. The highest BCUT2D eigenvalue weighted by molar-refractivity contribution is 5.90. The zero-order valence-electron chi connectivity index (χ0n) is 10.8. The van der Waals surface area contributed by atoms with Crippen molar-refractivity contribution in [3.05, 3.63) is 18.1 Å². The van der Waals surface area contributed by atoms with Crippen LogP contribution in [0.2, 0.25) is 0 Å². The molecule has 0 spiro atoms. The number of anilines is 1. The van der Waals surface area contributed by atoms with Crippen molar-refractivity contribution in [3.8, 4) is 0 Å². The minimum absolute atomic E-state index is 0.133. The number of rotatable bonds is 1. The van der Waals surface area contributed by atoms with Gasteiger partial charge in [-0.25, -0.2) is 9.97 Å². The Balaban J connectivity index is 2.06. The van der Waals surface area contributed by atoms with Crippen LogP contribution in [-0.2, 0) is 0 Å². The molecule has 2 aromatic rings. The number of aromatic nitrogens is 3. The summed E-state index contributed by atoms with van der Waals surface area (Å²) in [6.45, 7) is 2.49. The number of aromatic amines is 1. The molecule has 5 nitrogen and oxygen atoms in total. The molecule has 0 amide bonds. The van der Waals surface area contributed by atoms with Gasteiger partial charge >= 0.3 is 0 Å². The molecule has 3 rings (SSSR count). The van der Waals surface area contributed by atoms with Gasteiger partial charge in [0.05, 0.1) is 5.39 Å². The first-order valence-corrected chi connectivity index (χ1v) is 5.90. The van der Waals surface area contributed by atoms with E-state index in [1.54, 1.807) is 6.33 Å². The molecule has 1 aliphatic rings. The first-order valence-electron chi connectivity index (χ1n) is 6.47. The highest BCUT2D eigenvalue weighted by atomic mass is 15.2. The first kappa shape index (κ1) is 9.41. The summed E-state index contributed by atoms with van der Waals surface area (Å²) in [5.41, 5.74) is 7.85. The lowest BCUT2D eigenvalue weighted by atomic mass is 10.1. The molecule has 0 aliphatic carbocycles. The average Bonchev–Trinajstić information content (AvgIpc) is 2.72. The third-order valence-corrected chi connectivity index (χ3v) is 3.29. The molecule has 1 saturated heterocycles. The Kier molecular flexibility index (Phi) is 2.21. The molecule has 0 radical (unpaired) electrons. The highest BCUT2D eigenvalue weighted by Crippen LogP contribution is 2.27. The van der Waals surface area contributed by atoms with Gasteiger partial charge in [0.25, 0.3) is 0 Å². The molecular weight excluding hydrogens is 214 g/mol. The van der Waals surface area contributed by atoms with Crippen LogP contribution in [0.15, 0.2) is 12.5 Å². The van der Waals surface area contributed by atoms with Crippen LogP contribution >= 0.6 is 0 Å². The number of nitrogens with zero attached hydrogens (tertiary/aromatic N) is 3. The summed E-state index contributed by atoms with van der Waals surface area (Å²) < 4.78 is 8.17. The summed E-state index contributed by atoms with van der Waals surface area (Å²) in [6.07, 6.45) is 5.08. The van der Waals surface area contributed by atoms with Gasteiger partial charge in [0.1, 0.15) is 17.8 Å². The minimum Gasteiger partial charge on any atom is -0.356 e. The average molecular weight is 232 g/mol. The Morgan fingerprint density at radius 3 is 3.24 bits per heavy atom. The lowest BCUT2D eigenvalue weighted by molar-refractivity contribution is 0.499. The lowest BCUT2D eigenvalue weighted by Crippen LogP contribution is -2.40. The van der Waals surface area contributed by atoms with E-state index in [4.69, 9.17) is 7.10 Å². The number of nitrogens with one attached hydrogen (secondary N) is 1. The molecule has 3 heterocycles. The molecule has 0 aromatic carbocycles. The van der Waals surface area contributed by atoms with Crippen molar-refractivity contribution in [3.63, 3.8) is 0 Å². The van der Waals surface area contributed by atoms with Gasteiger partial charge in [-0.1, -0.05) is 0 Å². The molecule has 0 saturated carbocycles. The van der Waals surface area contributed by atoms with Crippen molar-refractivity contribution in [2.45, 2.75) is 25.8 Å². The van der Waals surface area contributed by atoms with Gasteiger partial charge in [0.2, 0.25) is 0 Å². The van der Waals surface area contributed by atoms with Gasteiger partial charge in [-0.15, -0.1) is 0 Å². The van der Waals surface area contributed by atoms with Crippen molar-refractivity contribution in [2.75, 3.05) is 18.0 Å². The Morgan fingerprint density at radius 2 is 2.41 bits per heavy atom. The third-order valence-electron chi connectivity index (χ3n) is 3.29. The summed E-state index contributed by atoms with van der Waals surface area (Å²) >= 11 is 0. The van der Waals surface area contributed by atoms with E-state index in [1.807, 2.05) is 18.0 Å². The maximum Gasteiger partial charge on any atom is 0.143 e. The molecule has 2 atom stereocenters. The van der Waals surface area contributed by atoms with Gasteiger partial charge in [0.15, 0.2) is 0 Å². The van der Waals surface area contributed by atoms with Crippen LogP contribution in [0.4, 0.5) is 5.82 Å². The van der Waals surface area contributed by atoms with Crippen LogP contribution in [0.1, 0.15) is 19.8 Å². The lowest BCUT2D eigenvalue weighted by Gasteiger charge is -2.31. The predicted molar refractivity (Wildman–Crippen MR) is 68.0 cm³/mol. The Labute approximate surface area is 101 Å². The monoisotopic (exact) mass is 232 g/mol. The topological polar surface area (TPSA) is 70.8 Å². The number of nitrogens with two attached hydrogens (primary N) is 1. The smallest absolute Gasteiger partial charge is 0.143 e. The number of fused-ring (bicyclic) bond motifs is 1. The van der Waals surface area contributed by atoms with Crippen LogP contribution in [0.3, 0.4) is 0 Å². The summed E-state index contributed by atoms with van der Waals surface area (Å²) in [4.78, 5) is 13.7. The van der Waals surface area contributed by atoms with E-state index in [0.717, 1.165) is 35.4 Å². The van der Waals surface area contributed by atoms with Crippen molar-refractivity contribution >= 4 is 16.9 Å². The van der Waals surface area contributed by atoms with E-state index in [0.29, 0.717) is 6.42 Å². The number of aryl methyl sites for hydroxylation is 1. The van der Waals surface area contributed by atoms with Crippen molar-refractivity contribution in [1.82, 2.24) is 15.0 Å². The second-order valence-electron chi connectivity index (χ2n) is 4.55. The van der Waals surface area contributed by atoms with Gasteiger partial charge < -0.3 is 15.6 Å². The first-order chi connectivity index (χ1) is 8.66. The van der Waals surface area contributed by atoms with Crippen LogP contribution in [0.25, 0.3) is 11.0 Å². The van der Waals surface area contributed by atoms with Crippen LogP contribution in [-0.4, -0.2) is 34.1 Å². The summed E-state index contributed by atoms with van der Waals surface area (Å²) in [6, 6.07) is 0.133. The quantitative estimate of drug-likeness (QED) is 0.775. The number of H-pyrrole nitrogens is 1. The zero-order valence-corrected chi connectivity index (χ0v) is 9.85. The molecule has 1 fully saturated rings. The van der Waals surface area contributed by atoms with Gasteiger partial charge in [-0.05, 0) is 25.3 Å². The van der Waals surface area contributed by atoms with Crippen molar-refractivity contribution in [1.29, 1.82) is 0 Å². The molecule has 90 valence electrons. The van der Waals surface area contributed by atoms with Crippen LogP contribution < -0.4 is 10.6 Å². The van der Waals surface area contributed by atoms with Gasteiger partial charge in [-0.3, -0.25) is 0 Å². The molecular formula is C12H17N5.